The summed E-state index contributed by atoms with van der Waals surface area (Å²) in [5, 5.41) is 3.51. The third kappa shape index (κ3) is 3.50. The average Bonchev–Trinajstić information content (AvgIpc) is 2.98. The molecule has 2 aliphatic rings. The number of hydrogen-bond acceptors (Lipinski definition) is 3. The molecule has 1 saturated carbocycles. The van der Waals surface area contributed by atoms with Gasteiger partial charge < -0.3 is 14.8 Å². The molecule has 1 fully saturated rings. The fraction of sp³-hybridized carbons (Fsp3) is 0.438. The van der Waals surface area contributed by atoms with Crippen molar-refractivity contribution in [1.82, 2.24) is 5.32 Å². The monoisotopic (exact) mass is 307 g/mol. The van der Waals surface area contributed by atoms with Gasteiger partial charge in [-0.3, -0.25) is 4.79 Å². The Morgan fingerprint density at radius 2 is 2.00 bits per heavy atom. The number of hydrogen-bond donors (Lipinski definition) is 1. The molecule has 1 N–H and O–H groups in total. The zero-order valence-corrected chi connectivity index (χ0v) is 12.5. The first-order valence-corrected chi connectivity index (χ1v) is 7.68. The fourth-order valence-electron chi connectivity index (χ4n) is 2.72. The maximum atomic E-state index is 11.9. The van der Waals surface area contributed by atoms with Crippen molar-refractivity contribution in [3.8, 4) is 11.5 Å². The quantitative estimate of drug-likeness (QED) is 0.873. The van der Waals surface area contributed by atoms with Crippen LogP contribution in [0, 0.1) is 0 Å². The van der Waals surface area contributed by atoms with Crippen molar-refractivity contribution in [1.29, 1.82) is 0 Å². The number of halogens is 1. The topological polar surface area (TPSA) is 47.6 Å². The van der Waals surface area contributed by atoms with Crippen LogP contribution >= 0.6 is 11.6 Å². The molecule has 1 aromatic rings. The minimum Gasteiger partial charge on any atom is -0.486 e. The first-order valence-electron chi connectivity index (χ1n) is 7.30. The second-order valence-electron chi connectivity index (χ2n) is 5.35. The van der Waals surface area contributed by atoms with Gasteiger partial charge in [0.25, 0.3) is 0 Å². The van der Waals surface area contributed by atoms with Crippen molar-refractivity contribution >= 4 is 23.6 Å². The fourth-order valence-corrected chi connectivity index (χ4v) is 2.99. The van der Waals surface area contributed by atoms with E-state index in [1.54, 1.807) is 18.2 Å². The predicted octanol–water partition coefficient (Wildman–Crippen LogP) is 3.18. The minimum absolute atomic E-state index is 0.0621. The van der Waals surface area contributed by atoms with E-state index in [1.165, 1.54) is 12.8 Å². The van der Waals surface area contributed by atoms with Crippen molar-refractivity contribution in [2.45, 2.75) is 31.7 Å². The zero-order chi connectivity index (χ0) is 14.7. The van der Waals surface area contributed by atoms with Gasteiger partial charge in [0, 0.05) is 12.1 Å². The van der Waals surface area contributed by atoms with E-state index in [1.807, 2.05) is 6.07 Å². The standard InChI is InChI=1S/C16H18ClNO3/c17-13-9-11(10-14-16(13)21-8-7-20-14)5-6-15(19)18-12-3-1-2-4-12/h5-6,9-10,12H,1-4,7-8H2,(H,18,19)/b6-5+. The number of carbonyl (C=O) groups is 1. The Kier molecular flexibility index (Phi) is 4.34. The van der Waals surface area contributed by atoms with E-state index in [0.717, 1.165) is 18.4 Å². The van der Waals surface area contributed by atoms with E-state index in [0.29, 0.717) is 35.8 Å². The van der Waals surface area contributed by atoms with Crippen molar-refractivity contribution < 1.29 is 14.3 Å². The van der Waals surface area contributed by atoms with Gasteiger partial charge in [0.2, 0.25) is 5.91 Å². The molecule has 4 nitrogen and oxygen atoms in total. The lowest BCUT2D eigenvalue weighted by atomic mass is 10.1. The molecular weight excluding hydrogens is 290 g/mol. The molecule has 112 valence electrons. The van der Waals surface area contributed by atoms with Crippen molar-refractivity contribution in [3.05, 3.63) is 28.8 Å². The SMILES string of the molecule is O=C(/C=C/c1cc(Cl)c2c(c1)OCCO2)NC1CCCC1. The lowest BCUT2D eigenvalue weighted by molar-refractivity contribution is -0.117. The molecule has 21 heavy (non-hydrogen) atoms. The largest absolute Gasteiger partial charge is 0.486 e. The average molecular weight is 308 g/mol. The molecule has 0 saturated heterocycles. The van der Waals surface area contributed by atoms with Crippen LogP contribution in [0.5, 0.6) is 11.5 Å². The molecule has 1 aliphatic heterocycles. The summed E-state index contributed by atoms with van der Waals surface area (Å²) < 4.78 is 11.0. The normalized spacial score (nSPS) is 18.1. The third-order valence-corrected chi connectivity index (χ3v) is 4.03. The summed E-state index contributed by atoms with van der Waals surface area (Å²) >= 11 is 6.16. The summed E-state index contributed by atoms with van der Waals surface area (Å²) in [6.45, 7) is 1.02. The molecule has 0 spiro atoms. The second kappa shape index (κ2) is 6.39. The van der Waals surface area contributed by atoms with E-state index >= 15 is 0 Å². The molecule has 0 atom stereocenters. The van der Waals surface area contributed by atoms with Crippen LogP contribution in [0.1, 0.15) is 31.2 Å². The van der Waals surface area contributed by atoms with Gasteiger partial charge in [-0.25, -0.2) is 0 Å². The van der Waals surface area contributed by atoms with Gasteiger partial charge in [-0.05, 0) is 36.6 Å². The molecule has 1 amide bonds. The minimum atomic E-state index is -0.0621. The molecular formula is C16H18ClNO3. The van der Waals surface area contributed by atoms with Crippen LogP contribution in [-0.4, -0.2) is 25.2 Å². The van der Waals surface area contributed by atoms with Crippen LogP contribution < -0.4 is 14.8 Å². The Morgan fingerprint density at radius 3 is 2.81 bits per heavy atom. The molecule has 1 aromatic carbocycles. The summed E-state index contributed by atoms with van der Waals surface area (Å²) in [7, 11) is 0. The Balaban J connectivity index is 1.67. The number of carbonyl (C=O) groups excluding carboxylic acids is 1. The Hall–Kier alpha value is -1.68. The number of nitrogens with one attached hydrogen (secondary N) is 1. The highest BCUT2D eigenvalue weighted by molar-refractivity contribution is 6.32. The summed E-state index contributed by atoms with van der Waals surface area (Å²) in [6.07, 6.45) is 7.85. The van der Waals surface area contributed by atoms with Crippen molar-refractivity contribution in [2.75, 3.05) is 13.2 Å². The summed E-state index contributed by atoms with van der Waals surface area (Å²) in [5.74, 6) is 1.15. The van der Waals surface area contributed by atoms with Gasteiger partial charge in [-0.15, -0.1) is 0 Å². The molecule has 0 bridgehead atoms. The molecule has 3 rings (SSSR count). The Bertz CT molecular complexity index is 565. The smallest absolute Gasteiger partial charge is 0.244 e. The predicted molar refractivity (Wildman–Crippen MR) is 81.9 cm³/mol. The molecule has 0 radical (unpaired) electrons. The third-order valence-electron chi connectivity index (χ3n) is 3.75. The van der Waals surface area contributed by atoms with Crippen LogP contribution in [-0.2, 0) is 4.79 Å². The number of fused-ring (bicyclic) bond motifs is 1. The summed E-state index contributed by atoms with van der Waals surface area (Å²) in [5.41, 5.74) is 0.825. The van der Waals surface area contributed by atoms with Crippen molar-refractivity contribution in [3.63, 3.8) is 0 Å². The maximum Gasteiger partial charge on any atom is 0.244 e. The Morgan fingerprint density at radius 1 is 1.24 bits per heavy atom. The molecule has 1 aliphatic carbocycles. The van der Waals surface area contributed by atoms with Crippen molar-refractivity contribution in [2.24, 2.45) is 0 Å². The van der Waals surface area contributed by atoms with Crippen LogP contribution in [0.2, 0.25) is 5.02 Å². The lowest BCUT2D eigenvalue weighted by Gasteiger charge is -2.19. The summed E-state index contributed by atoms with van der Waals surface area (Å²) in [4.78, 5) is 11.9. The number of rotatable bonds is 3. The van der Waals surface area contributed by atoms with Gasteiger partial charge >= 0.3 is 0 Å². The highest BCUT2D eigenvalue weighted by Crippen LogP contribution is 2.38. The van der Waals surface area contributed by atoms with Gasteiger partial charge in [0.05, 0.1) is 5.02 Å². The number of ether oxygens (including phenoxy) is 2. The van der Waals surface area contributed by atoms with Crippen LogP contribution in [0.15, 0.2) is 18.2 Å². The van der Waals surface area contributed by atoms with E-state index in [9.17, 15) is 4.79 Å². The lowest BCUT2D eigenvalue weighted by Crippen LogP contribution is -2.30. The zero-order valence-electron chi connectivity index (χ0n) is 11.7. The van der Waals surface area contributed by atoms with Gasteiger partial charge in [-0.1, -0.05) is 24.4 Å². The molecule has 0 unspecified atom stereocenters. The molecule has 1 heterocycles. The molecule has 0 aromatic heterocycles. The molecule has 5 heteroatoms. The van der Waals surface area contributed by atoms with Gasteiger partial charge in [0.15, 0.2) is 11.5 Å². The number of amides is 1. The van der Waals surface area contributed by atoms with E-state index in [4.69, 9.17) is 21.1 Å². The van der Waals surface area contributed by atoms with Crippen LogP contribution in [0.25, 0.3) is 6.08 Å². The van der Waals surface area contributed by atoms with E-state index in [2.05, 4.69) is 5.32 Å². The first-order chi connectivity index (χ1) is 10.2. The first kappa shape index (κ1) is 14.3. The highest BCUT2D eigenvalue weighted by Gasteiger charge is 2.17. The van der Waals surface area contributed by atoms with Gasteiger partial charge in [0.1, 0.15) is 13.2 Å². The van der Waals surface area contributed by atoms with Crippen LogP contribution in [0.3, 0.4) is 0 Å². The van der Waals surface area contributed by atoms with Gasteiger partial charge in [-0.2, -0.15) is 0 Å². The van der Waals surface area contributed by atoms with E-state index < -0.39 is 0 Å². The van der Waals surface area contributed by atoms with E-state index in [-0.39, 0.29) is 5.91 Å². The number of benzene rings is 1. The highest BCUT2D eigenvalue weighted by atomic mass is 35.5. The van der Waals surface area contributed by atoms with Crippen LogP contribution in [0.4, 0.5) is 0 Å². The summed E-state index contributed by atoms with van der Waals surface area (Å²) in [6, 6.07) is 3.93. The maximum absolute atomic E-state index is 11.9. The second-order valence-corrected chi connectivity index (χ2v) is 5.76. The Labute approximate surface area is 129 Å².